The van der Waals surface area contributed by atoms with Crippen molar-refractivity contribution >= 4 is 126 Å². The standard InChI is InChI=1S/C112H118N8O2S2/c1-63(121)123-79-31-27-65(28-32-79)97-81-35-39-85(113-81)99(67-51-71(105(3,4)5)59-72(52-67)106(6,7)8)89-43-47-93(117-89)103(94-48-44-90(118-94)100(86-40-36-82(97)114-86)68-53-73(107(9,10)11)60-74(54-68)108(12,13)14)104-95-49-45-91(119-95)101(69-55-75(109(15,16)17)61-76(56-69)110(18,19)20)87-41-37-83(115-87)98(66-29-33-80(34-30-66)124-64(2)122)84-38-42-88(116-84)102(92-46-50-96(104)120-92)70-57-77(111(21,22)23)62-78(58-70)112(24,25)26/h27-62,113,115,118,120H,1-26H3. The SMILES string of the molecule is CC(=O)Sc1ccc(-c2c3nc(c(-c4cc(C(C)(C)C)cc(C(C)(C)C)c4)c4ccc([nH]4)c(-c4c5nc(c(-c6cc(C(C)(C)C)cc(C(C)(C)C)c6)c6ccc([nH]6)c(-c6ccc(SC(C)=O)cc6)c6nc(c(-c7cc(C(C)(C)C)cc(C(C)(C)C)c7)c7ccc4[nH]7)C=C6)C=C5)c4nc(c(-c5cc(C(C)(C)C)cc(C(C)(C)C)c5)c5ccc2[nH]5)C=C4)C=C3)cc1. The fourth-order valence-corrected chi connectivity index (χ4v) is 18.2. The van der Waals surface area contributed by atoms with E-state index < -0.39 is 0 Å². The smallest absolute Gasteiger partial charge is 0.190 e. The molecule has 16 bridgehead atoms. The van der Waals surface area contributed by atoms with Crippen LogP contribution >= 0.6 is 23.5 Å². The van der Waals surface area contributed by atoms with Crippen LogP contribution in [0.1, 0.15) is 270 Å². The van der Waals surface area contributed by atoms with Crippen LogP contribution < -0.4 is 0 Å². The summed E-state index contributed by atoms with van der Waals surface area (Å²) in [6, 6.07) is 63.0. The molecule has 0 aliphatic carbocycles. The van der Waals surface area contributed by atoms with Crippen molar-refractivity contribution in [3.05, 3.63) is 260 Å². The number of rotatable bonds is 9. The Morgan fingerprint density at radius 2 is 0.363 bits per heavy atom. The van der Waals surface area contributed by atoms with Gasteiger partial charge >= 0.3 is 0 Å². The molecule has 6 aromatic carbocycles. The fraction of sp³-hybridized carbons (Fsp3) is 0.304. The molecule has 12 heteroatoms. The molecule has 0 amide bonds. The summed E-state index contributed by atoms with van der Waals surface area (Å²) in [6.45, 7) is 58.4. The highest BCUT2D eigenvalue weighted by atomic mass is 32.2. The molecule has 0 saturated carbocycles. The zero-order chi connectivity index (χ0) is 88.8. The Labute approximate surface area is 741 Å². The quantitative estimate of drug-likeness (QED) is 0.104. The first-order valence-electron chi connectivity index (χ1n) is 43.6. The van der Waals surface area contributed by atoms with E-state index in [0.717, 1.165) is 177 Å². The van der Waals surface area contributed by atoms with Crippen LogP contribution in [0.3, 0.4) is 0 Å². The monoisotopic (exact) mass is 1670 g/mol. The van der Waals surface area contributed by atoms with Crippen LogP contribution in [0, 0.1) is 0 Å². The molecule has 16 rings (SSSR count). The first-order valence-corrected chi connectivity index (χ1v) is 45.3. The number of hydrogen-bond donors (Lipinski definition) is 4. The number of benzene rings is 6. The molecule has 0 radical (unpaired) electrons. The molecule has 10 heterocycles. The number of carbonyl (C=O) groups is 2. The molecular weight excluding hydrogens is 1550 g/mol. The molecule has 12 aromatic rings. The number of aromatic nitrogens is 8. The second-order valence-corrected chi connectivity index (χ2v) is 44.9. The molecule has 4 aliphatic heterocycles. The highest BCUT2D eigenvalue weighted by Crippen LogP contribution is 2.48. The minimum Gasteiger partial charge on any atom is -0.354 e. The zero-order valence-electron chi connectivity index (χ0n) is 77.2. The molecule has 124 heavy (non-hydrogen) atoms. The van der Waals surface area contributed by atoms with Crippen molar-refractivity contribution in [1.29, 1.82) is 0 Å². The molecular formula is C112H118N8O2S2. The van der Waals surface area contributed by atoms with E-state index in [1.807, 2.05) is 24.3 Å². The van der Waals surface area contributed by atoms with Gasteiger partial charge in [0, 0.05) is 112 Å². The highest BCUT2D eigenvalue weighted by Gasteiger charge is 2.32. The van der Waals surface area contributed by atoms with Crippen molar-refractivity contribution in [2.45, 2.75) is 233 Å². The summed E-state index contributed by atoms with van der Waals surface area (Å²) >= 11 is 2.46. The largest absolute Gasteiger partial charge is 0.354 e. The van der Waals surface area contributed by atoms with Crippen molar-refractivity contribution in [2.24, 2.45) is 0 Å². The van der Waals surface area contributed by atoms with Crippen molar-refractivity contribution in [3.8, 4) is 77.9 Å². The lowest BCUT2D eigenvalue weighted by atomic mass is 9.78. The minimum absolute atomic E-state index is 0.0260. The van der Waals surface area contributed by atoms with Crippen molar-refractivity contribution in [3.63, 3.8) is 0 Å². The summed E-state index contributed by atoms with van der Waals surface area (Å²) in [7, 11) is 0. The van der Waals surface area contributed by atoms with E-state index in [-0.39, 0.29) is 53.6 Å². The van der Waals surface area contributed by atoms with Gasteiger partial charge in [-0.05, 0) is 243 Å². The summed E-state index contributed by atoms with van der Waals surface area (Å²) in [5.74, 6) is 0. The van der Waals surface area contributed by atoms with Crippen LogP contribution in [-0.2, 0) is 52.9 Å². The molecule has 0 fully saturated rings. The third-order valence-electron chi connectivity index (χ3n) is 24.4. The number of thioether (sulfide) groups is 2. The van der Waals surface area contributed by atoms with Gasteiger partial charge in [0.2, 0.25) is 0 Å². The van der Waals surface area contributed by atoms with E-state index in [1.165, 1.54) is 68.0 Å². The number of nitrogens with one attached hydrogen (secondary N) is 4. The minimum atomic E-state index is -0.222. The van der Waals surface area contributed by atoms with E-state index in [0.29, 0.717) is 0 Å². The number of H-pyrrole nitrogens is 4. The van der Waals surface area contributed by atoms with Crippen LogP contribution in [-0.4, -0.2) is 50.1 Å². The molecule has 6 aromatic heterocycles. The highest BCUT2D eigenvalue weighted by molar-refractivity contribution is 8.13. The normalized spacial score (nSPS) is 13.4. The number of carbonyl (C=O) groups excluding carboxylic acids is 2. The maximum absolute atomic E-state index is 12.7. The summed E-state index contributed by atoms with van der Waals surface area (Å²) in [5.41, 5.74) is 34.2. The molecule has 630 valence electrons. The van der Waals surface area contributed by atoms with Crippen LogP contribution in [0.5, 0.6) is 0 Å². The Kier molecular flexibility index (Phi) is 21.8. The Morgan fingerprint density at radius 1 is 0.210 bits per heavy atom. The van der Waals surface area contributed by atoms with Crippen LogP contribution in [0.15, 0.2) is 180 Å². The maximum atomic E-state index is 12.7. The second kappa shape index (κ2) is 31.4. The summed E-state index contributed by atoms with van der Waals surface area (Å²) in [4.78, 5) is 67.9. The van der Waals surface area contributed by atoms with Gasteiger partial charge in [0.1, 0.15) is 0 Å². The first-order chi connectivity index (χ1) is 58.0. The molecule has 4 aliphatic rings. The molecule has 10 nitrogen and oxygen atoms in total. The van der Waals surface area contributed by atoms with Crippen molar-refractivity contribution < 1.29 is 9.59 Å². The number of hydrogen-bond acceptors (Lipinski definition) is 8. The number of aromatic amines is 4. The number of fused-ring (bicyclic) bond motifs is 16. The molecule has 0 unspecified atom stereocenters. The van der Waals surface area contributed by atoms with Gasteiger partial charge in [0.25, 0.3) is 0 Å². The van der Waals surface area contributed by atoms with E-state index in [4.69, 9.17) is 19.9 Å². The number of nitrogens with zero attached hydrogens (tertiary/aromatic N) is 4. The Morgan fingerprint density at radius 3 is 0.524 bits per heavy atom. The van der Waals surface area contributed by atoms with Crippen molar-refractivity contribution in [2.75, 3.05) is 0 Å². The Bertz CT molecular complexity index is 6210. The first kappa shape index (κ1) is 86.1. The lowest BCUT2D eigenvalue weighted by Crippen LogP contribution is -2.16. The predicted molar refractivity (Wildman–Crippen MR) is 532 cm³/mol. The summed E-state index contributed by atoms with van der Waals surface area (Å²) in [6.07, 6.45) is 17.6. The topological polar surface area (TPSA) is 149 Å². The third kappa shape index (κ3) is 17.4. The molecule has 0 atom stereocenters. The van der Waals surface area contributed by atoms with E-state index in [9.17, 15) is 9.59 Å². The lowest BCUT2D eigenvalue weighted by molar-refractivity contribution is -0.109. The van der Waals surface area contributed by atoms with Crippen LogP contribution in [0.2, 0.25) is 0 Å². The van der Waals surface area contributed by atoms with Crippen LogP contribution in [0.4, 0.5) is 0 Å². The lowest BCUT2D eigenvalue weighted by Gasteiger charge is -2.26. The van der Waals surface area contributed by atoms with Gasteiger partial charge in [-0.2, -0.15) is 0 Å². The van der Waals surface area contributed by atoms with Crippen molar-refractivity contribution in [1.82, 2.24) is 39.9 Å². The molecule has 0 saturated heterocycles. The van der Waals surface area contributed by atoms with Gasteiger partial charge in [-0.25, -0.2) is 19.9 Å². The maximum Gasteiger partial charge on any atom is 0.190 e. The van der Waals surface area contributed by atoms with Gasteiger partial charge < -0.3 is 19.9 Å². The predicted octanol–water partition coefficient (Wildman–Crippen LogP) is 31.0. The Balaban J connectivity index is 1.14. The average Bonchev–Trinajstić information content (AvgIpc) is 1.67. The van der Waals surface area contributed by atoms with Gasteiger partial charge in [-0.1, -0.05) is 287 Å². The summed E-state index contributed by atoms with van der Waals surface area (Å²) < 4.78 is 0. The van der Waals surface area contributed by atoms with E-state index >= 15 is 0 Å². The van der Waals surface area contributed by atoms with E-state index in [1.54, 1.807) is 13.8 Å². The van der Waals surface area contributed by atoms with Gasteiger partial charge in [0.15, 0.2) is 10.2 Å². The van der Waals surface area contributed by atoms with E-state index in [2.05, 4.69) is 380 Å². The second-order valence-electron chi connectivity index (χ2n) is 42.4. The van der Waals surface area contributed by atoms with Crippen LogP contribution in [0.25, 0.3) is 171 Å². The molecule has 0 spiro atoms. The van der Waals surface area contributed by atoms with Gasteiger partial charge in [-0.3, -0.25) is 9.59 Å². The molecule has 4 N–H and O–H groups in total. The fourth-order valence-electron chi connectivity index (χ4n) is 17.0. The summed E-state index contributed by atoms with van der Waals surface area (Å²) in [5, 5.41) is 0.0520. The average molecular weight is 1670 g/mol. The van der Waals surface area contributed by atoms with Gasteiger partial charge in [-0.15, -0.1) is 0 Å². The Hall–Kier alpha value is -11.4. The zero-order valence-corrected chi connectivity index (χ0v) is 78.8. The third-order valence-corrected chi connectivity index (χ3v) is 26.0. The van der Waals surface area contributed by atoms with Gasteiger partial charge in [0.05, 0.1) is 45.6 Å².